The first-order valence-electron chi connectivity index (χ1n) is 3.20. The molecule has 6 heteroatoms. The van der Waals surface area contributed by atoms with Gasteiger partial charge in [0.25, 0.3) is 0 Å². The second kappa shape index (κ2) is 3.24. The van der Waals surface area contributed by atoms with E-state index in [0.717, 1.165) is 13.2 Å². The molecule has 2 aromatic heterocycles. The van der Waals surface area contributed by atoms with Gasteiger partial charge in [0.05, 0.1) is 13.5 Å². The van der Waals surface area contributed by atoms with Crippen molar-refractivity contribution in [2.24, 2.45) is 0 Å². The molecular weight excluding hydrogens is 296 g/mol. The zero-order valence-corrected chi connectivity index (χ0v) is 9.98. The lowest BCUT2D eigenvalue weighted by molar-refractivity contribution is 0.0702. The molecule has 68 valence electrons. The fourth-order valence-corrected chi connectivity index (χ4v) is 4.29. The van der Waals surface area contributed by atoms with E-state index in [9.17, 15) is 4.79 Å². The molecule has 0 aliphatic carbocycles. The molecule has 0 amide bonds. The van der Waals surface area contributed by atoms with Crippen LogP contribution in [0.3, 0.4) is 0 Å². The fourth-order valence-electron chi connectivity index (χ4n) is 0.970. The van der Waals surface area contributed by atoms with Gasteiger partial charge in [-0.1, -0.05) is 11.6 Å². The van der Waals surface area contributed by atoms with Gasteiger partial charge in [0.1, 0.15) is 4.88 Å². The molecule has 0 unspecified atom stereocenters. The van der Waals surface area contributed by atoms with E-state index < -0.39 is 5.97 Å². The van der Waals surface area contributed by atoms with E-state index in [1.807, 2.05) is 6.07 Å². The Morgan fingerprint density at radius 3 is 2.77 bits per heavy atom. The van der Waals surface area contributed by atoms with E-state index in [1.165, 1.54) is 22.7 Å². The van der Waals surface area contributed by atoms with Crippen molar-refractivity contribution in [3.05, 3.63) is 19.8 Å². The van der Waals surface area contributed by atoms with Gasteiger partial charge in [-0.05, 0) is 22.0 Å². The van der Waals surface area contributed by atoms with Crippen molar-refractivity contribution in [3.63, 3.8) is 0 Å². The van der Waals surface area contributed by atoms with E-state index in [1.54, 1.807) is 0 Å². The van der Waals surface area contributed by atoms with Crippen LogP contribution in [0.5, 0.6) is 0 Å². The Balaban J connectivity index is 2.76. The minimum absolute atomic E-state index is 0.218. The first-order valence-corrected chi connectivity index (χ1v) is 6.00. The van der Waals surface area contributed by atoms with Crippen molar-refractivity contribution in [1.82, 2.24) is 0 Å². The van der Waals surface area contributed by atoms with E-state index in [0.29, 0.717) is 5.02 Å². The van der Waals surface area contributed by atoms with E-state index >= 15 is 0 Å². The highest BCUT2D eigenvalue weighted by Crippen LogP contribution is 2.42. The van der Waals surface area contributed by atoms with E-state index in [2.05, 4.69) is 15.9 Å². The molecule has 2 aromatic rings. The molecule has 0 aromatic carbocycles. The molecule has 0 bridgehead atoms. The molecule has 0 aliphatic heterocycles. The van der Waals surface area contributed by atoms with Gasteiger partial charge in [-0.2, -0.15) is 0 Å². The zero-order chi connectivity index (χ0) is 9.59. The summed E-state index contributed by atoms with van der Waals surface area (Å²) in [5.41, 5.74) is 0. The number of carboxylic acids is 1. The van der Waals surface area contributed by atoms with Crippen LogP contribution < -0.4 is 0 Å². The van der Waals surface area contributed by atoms with Crippen LogP contribution in [-0.2, 0) is 0 Å². The Kier molecular flexibility index (Phi) is 2.35. The van der Waals surface area contributed by atoms with Gasteiger partial charge in [-0.3, -0.25) is 0 Å². The zero-order valence-electron chi connectivity index (χ0n) is 6.01. The molecule has 0 fully saturated rings. The maximum Gasteiger partial charge on any atom is 0.347 e. The summed E-state index contributed by atoms with van der Waals surface area (Å²) in [6, 6.07) is 1.88. The van der Waals surface area contributed by atoms with Gasteiger partial charge in [-0.15, -0.1) is 22.7 Å². The number of halogens is 2. The minimum atomic E-state index is -0.963. The van der Waals surface area contributed by atoms with Crippen molar-refractivity contribution in [2.45, 2.75) is 0 Å². The number of carboxylic acid groups (broad SMARTS) is 1. The molecular formula is C7H2BrClO2S2. The third-order valence-electron chi connectivity index (χ3n) is 1.47. The van der Waals surface area contributed by atoms with Crippen LogP contribution in [0.2, 0.25) is 5.02 Å². The third-order valence-corrected chi connectivity index (χ3v) is 4.98. The topological polar surface area (TPSA) is 37.3 Å². The van der Waals surface area contributed by atoms with Crippen LogP contribution in [0, 0.1) is 0 Å². The molecule has 2 rings (SSSR count). The monoisotopic (exact) mass is 296 g/mol. The number of aromatic carboxylic acids is 1. The van der Waals surface area contributed by atoms with Crippen LogP contribution >= 0.6 is 50.2 Å². The summed E-state index contributed by atoms with van der Waals surface area (Å²) >= 11 is 11.9. The molecule has 0 radical (unpaired) electrons. The van der Waals surface area contributed by atoms with Crippen molar-refractivity contribution in [2.75, 3.05) is 0 Å². The lowest BCUT2D eigenvalue weighted by Gasteiger charge is -1.86. The number of hydrogen-bond acceptors (Lipinski definition) is 3. The highest BCUT2D eigenvalue weighted by Gasteiger charge is 2.17. The summed E-state index contributed by atoms with van der Waals surface area (Å²) in [6.07, 6.45) is 0. The van der Waals surface area contributed by atoms with E-state index in [-0.39, 0.29) is 4.88 Å². The maximum atomic E-state index is 10.7. The Hall–Kier alpha value is -0.100. The summed E-state index contributed by atoms with van der Waals surface area (Å²) in [6.45, 7) is 0. The highest BCUT2D eigenvalue weighted by molar-refractivity contribution is 9.11. The van der Waals surface area contributed by atoms with Crippen LogP contribution in [0.15, 0.2) is 9.85 Å². The van der Waals surface area contributed by atoms with Crippen molar-refractivity contribution in [3.8, 4) is 0 Å². The molecule has 2 heterocycles. The van der Waals surface area contributed by atoms with Gasteiger partial charge >= 0.3 is 5.97 Å². The van der Waals surface area contributed by atoms with Gasteiger partial charge in [0.15, 0.2) is 0 Å². The fraction of sp³-hybridized carbons (Fsp3) is 0. The Morgan fingerprint density at radius 1 is 1.54 bits per heavy atom. The van der Waals surface area contributed by atoms with Gasteiger partial charge in [0, 0.05) is 4.70 Å². The molecule has 1 N–H and O–H groups in total. The SMILES string of the molecule is O=C(O)c1sc2cc(Br)sc2c1Cl. The van der Waals surface area contributed by atoms with Crippen molar-refractivity contribution in [1.29, 1.82) is 0 Å². The standard InChI is InChI=1S/C7H2BrClO2S2/c8-3-1-2-5(13-3)4(9)6(12-2)7(10)11/h1H,(H,10,11). The maximum absolute atomic E-state index is 10.7. The molecule has 0 saturated carbocycles. The molecule has 0 spiro atoms. The molecule has 0 atom stereocenters. The Morgan fingerprint density at radius 2 is 2.23 bits per heavy atom. The number of fused-ring (bicyclic) bond motifs is 1. The summed E-state index contributed by atoms with van der Waals surface area (Å²) in [7, 11) is 0. The first-order chi connectivity index (χ1) is 6.09. The summed E-state index contributed by atoms with van der Waals surface area (Å²) in [5, 5.41) is 9.12. The van der Waals surface area contributed by atoms with Crippen LogP contribution in [-0.4, -0.2) is 11.1 Å². The number of hydrogen-bond donors (Lipinski definition) is 1. The van der Waals surface area contributed by atoms with Crippen molar-refractivity contribution >= 4 is 65.6 Å². The van der Waals surface area contributed by atoms with Crippen LogP contribution in [0.25, 0.3) is 9.40 Å². The highest BCUT2D eigenvalue weighted by atomic mass is 79.9. The van der Waals surface area contributed by atoms with Crippen molar-refractivity contribution < 1.29 is 9.90 Å². The number of rotatable bonds is 1. The number of carbonyl (C=O) groups is 1. The van der Waals surface area contributed by atoms with Gasteiger partial charge in [-0.25, -0.2) is 4.79 Å². The second-order valence-corrected chi connectivity index (χ2v) is 6.16. The van der Waals surface area contributed by atoms with Crippen LogP contribution in [0.1, 0.15) is 9.67 Å². The van der Waals surface area contributed by atoms with Gasteiger partial charge < -0.3 is 5.11 Å². The lowest BCUT2D eigenvalue weighted by Crippen LogP contribution is -1.91. The normalized spacial score (nSPS) is 10.9. The smallest absolute Gasteiger partial charge is 0.347 e. The predicted molar refractivity (Wildman–Crippen MR) is 59.4 cm³/mol. The summed E-state index contributed by atoms with van der Waals surface area (Å²) < 4.78 is 2.72. The summed E-state index contributed by atoms with van der Waals surface area (Å²) in [5.74, 6) is -0.963. The van der Waals surface area contributed by atoms with Crippen LogP contribution in [0.4, 0.5) is 0 Å². The summed E-state index contributed by atoms with van der Waals surface area (Å²) in [4.78, 5) is 10.9. The quantitative estimate of drug-likeness (QED) is 0.861. The molecule has 2 nitrogen and oxygen atoms in total. The molecule has 0 saturated heterocycles. The molecule has 13 heavy (non-hydrogen) atoms. The first kappa shape index (κ1) is 9.45. The van der Waals surface area contributed by atoms with Gasteiger partial charge in [0.2, 0.25) is 0 Å². The lowest BCUT2D eigenvalue weighted by atomic mass is 10.4. The minimum Gasteiger partial charge on any atom is -0.477 e. The average molecular weight is 298 g/mol. The Labute approximate surface area is 94.9 Å². The average Bonchev–Trinajstić information content (AvgIpc) is 2.51. The Bertz CT molecular complexity index is 488. The van der Waals surface area contributed by atoms with E-state index in [4.69, 9.17) is 16.7 Å². The largest absolute Gasteiger partial charge is 0.477 e. The predicted octanol–water partition coefficient (Wildman–Crippen LogP) is 4.08. The second-order valence-electron chi connectivity index (χ2n) is 2.29. The third kappa shape index (κ3) is 1.50. The number of thiophene rings is 2. The molecule has 0 aliphatic rings.